The van der Waals surface area contributed by atoms with E-state index in [1.807, 2.05) is 0 Å². The molecular weight excluding hydrogens is 649 g/mol. The second kappa shape index (κ2) is 23.3. The molecule has 0 fully saturated rings. The standard InChI is InChI=1S/C28H62O6S5Si2/c1-15-21(7)29-40(30-22(8)16-2,31-23(9)17-3)27(13)35-37-39-38-36-28(14)41(32-24(10)18-4,33-25(11)19-5)34-26(12)20-6/h21-28H,15-20H2,1-14H3. The van der Waals surface area contributed by atoms with Crippen molar-refractivity contribution in [2.45, 2.75) is 182 Å². The highest BCUT2D eigenvalue weighted by molar-refractivity contribution is 9.35. The van der Waals surface area contributed by atoms with Crippen LogP contribution < -0.4 is 0 Å². The van der Waals surface area contributed by atoms with Crippen LogP contribution in [0, 0.1) is 0 Å². The number of hydrogen-bond donors (Lipinski definition) is 0. The fraction of sp³-hybridized carbons (Fsp3) is 1.00. The van der Waals surface area contributed by atoms with Crippen LogP contribution in [0.5, 0.6) is 0 Å². The van der Waals surface area contributed by atoms with E-state index in [2.05, 4.69) is 96.9 Å². The fourth-order valence-electron chi connectivity index (χ4n) is 3.20. The maximum atomic E-state index is 6.67. The molecule has 0 heterocycles. The van der Waals surface area contributed by atoms with Gasteiger partial charge in [-0.3, -0.25) is 0 Å². The zero-order chi connectivity index (χ0) is 31.6. The Morgan fingerprint density at radius 3 is 0.732 bits per heavy atom. The van der Waals surface area contributed by atoms with Crippen molar-refractivity contribution in [1.29, 1.82) is 0 Å². The van der Waals surface area contributed by atoms with E-state index in [4.69, 9.17) is 26.6 Å². The lowest BCUT2D eigenvalue weighted by Gasteiger charge is -2.39. The van der Waals surface area contributed by atoms with Gasteiger partial charge in [-0.05, 0) is 123 Å². The van der Waals surface area contributed by atoms with E-state index in [1.54, 1.807) is 51.1 Å². The van der Waals surface area contributed by atoms with Gasteiger partial charge in [0.2, 0.25) is 0 Å². The third-order valence-electron chi connectivity index (χ3n) is 7.06. The van der Waals surface area contributed by atoms with Gasteiger partial charge in [0.15, 0.2) is 0 Å². The van der Waals surface area contributed by atoms with Crippen molar-refractivity contribution in [3.8, 4) is 0 Å². The summed E-state index contributed by atoms with van der Waals surface area (Å²) < 4.78 is 40.0. The first-order valence-corrected chi connectivity index (χ1v) is 25.5. The molecule has 0 amide bonds. The molecule has 6 nitrogen and oxygen atoms in total. The highest BCUT2D eigenvalue weighted by Gasteiger charge is 2.53. The van der Waals surface area contributed by atoms with E-state index in [9.17, 15) is 0 Å². The molecule has 13 heteroatoms. The molecule has 0 aromatic heterocycles. The molecule has 0 aromatic carbocycles. The largest absolute Gasteiger partial charge is 0.516 e. The Hall–Kier alpha value is 1.94. The normalized spacial score (nSPS) is 21.2. The minimum absolute atomic E-state index is 0.0841. The van der Waals surface area contributed by atoms with Crippen LogP contribution in [0.4, 0.5) is 0 Å². The Bertz CT molecular complexity index is 545. The van der Waals surface area contributed by atoms with Crippen molar-refractivity contribution >= 4 is 68.7 Å². The second-order valence-electron chi connectivity index (χ2n) is 10.9. The van der Waals surface area contributed by atoms with Gasteiger partial charge in [0, 0.05) is 36.6 Å². The molecule has 0 saturated heterocycles. The van der Waals surface area contributed by atoms with Crippen LogP contribution >= 0.6 is 51.1 Å². The first-order chi connectivity index (χ1) is 19.3. The second-order valence-corrected chi connectivity index (χ2v) is 25.6. The first kappa shape index (κ1) is 42.9. The molecule has 0 bridgehead atoms. The minimum atomic E-state index is -2.97. The average molecular weight is 711 g/mol. The zero-order valence-corrected chi connectivity index (χ0v) is 34.4. The van der Waals surface area contributed by atoms with Gasteiger partial charge in [0.25, 0.3) is 0 Å². The molecular formula is C28H62O6S5Si2. The number of rotatable bonds is 26. The van der Waals surface area contributed by atoms with Gasteiger partial charge >= 0.3 is 17.6 Å². The Morgan fingerprint density at radius 1 is 0.366 bits per heavy atom. The van der Waals surface area contributed by atoms with E-state index >= 15 is 0 Å². The molecule has 0 N–H and O–H groups in total. The summed E-state index contributed by atoms with van der Waals surface area (Å²) in [5, 5.41) is 0. The molecule has 41 heavy (non-hydrogen) atoms. The van der Waals surface area contributed by atoms with Gasteiger partial charge < -0.3 is 26.6 Å². The maximum Gasteiger partial charge on any atom is 0.516 e. The van der Waals surface area contributed by atoms with Crippen molar-refractivity contribution in [3.05, 3.63) is 0 Å². The molecule has 0 rings (SSSR count). The topological polar surface area (TPSA) is 55.4 Å². The summed E-state index contributed by atoms with van der Waals surface area (Å²) in [5.41, 5.74) is 0. The SMILES string of the molecule is CCC(C)O[Si](OC(C)CC)(OC(C)CC)C(C)SSSSSC(C)[Si](OC(C)CC)(OC(C)CC)OC(C)CC. The van der Waals surface area contributed by atoms with Gasteiger partial charge in [-0.25, -0.2) is 0 Å². The Labute approximate surface area is 275 Å². The Morgan fingerprint density at radius 2 is 0.561 bits per heavy atom. The van der Waals surface area contributed by atoms with Crippen LogP contribution in [0.1, 0.15) is 135 Å². The summed E-state index contributed by atoms with van der Waals surface area (Å²) in [6, 6.07) is 0. The van der Waals surface area contributed by atoms with Crippen LogP contribution in [-0.2, 0) is 26.6 Å². The molecule has 8 atom stereocenters. The van der Waals surface area contributed by atoms with Gasteiger partial charge in [-0.2, -0.15) is 0 Å². The highest BCUT2D eigenvalue weighted by Crippen LogP contribution is 2.53. The highest BCUT2D eigenvalue weighted by atomic mass is 33.8. The monoisotopic (exact) mass is 710 g/mol. The molecule has 0 spiro atoms. The summed E-state index contributed by atoms with van der Waals surface area (Å²) in [6.07, 6.45) is 6.05. The molecule has 0 aliphatic heterocycles. The van der Waals surface area contributed by atoms with Crippen LogP contribution in [0.3, 0.4) is 0 Å². The summed E-state index contributed by atoms with van der Waals surface area (Å²) in [7, 11) is 2.93. The average Bonchev–Trinajstić information content (AvgIpc) is 2.95. The summed E-state index contributed by atoms with van der Waals surface area (Å²) in [4.78, 5) is 0.175. The fourth-order valence-corrected chi connectivity index (χ4v) is 23.6. The minimum Gasteiger partial charge on any atom is -0.370 e. The van der Waals surface area contributed by atoms with Crippen LogP contribution in [-0.4, -0.2) is 64.0 Å². The van der Waals surface area contributed by atoms with Crippen molar-refractivity contribution in [2.24, 2.45) is 0 Å². The molecule has 0 radical (unpaired) electrons. The molecule has 0 aliphatic carbocycles. The van der Waals surface area contributed by atoms with Gasteiger partial charge in [0.1, 0.15) is 0 Å². The van der Waals surface area contributed by atoms with Crippen molar-refractivity contribution in [2.75, 3.05) is 0 Å². The first-order valence-electron chi connectivity index (χ1n) is 15.7. The van der Waals surface area contributed by atoms with E-state index in [1.165, 1.54) is 0 Å². The lowest BCUT2D eigenvalue weighted by atomic mass is 10.3. The molecule has 8 unspecified atom stereocenters. The molecule has 248 valence electrons. The molecule has 0 aliphatic rings. The molecule has 0 aromatic rings. The van der Waals surface area contributed by atoms with Gasteiger partial charge in [-0.1, -0.05) is 63.1 Å². The van der Waals surface area contributed by atoms with Gasteiger partial charge in [0.05, 0.1) is 9.75 Å². The zero-order valence-electron chi connectivity index (χ0n) is 28.4. The summed E-state index contributed by atoms with van der Waals surface area (Å²) in [5.74, 6) is 0. The van der Waals surface area contributed by atoms with Gasteiger partial charge in [-0.15, -0.1) is 0 Å². The van der Waals surface area contributed by atoms with E-state index in [0.29, 0.717) is 0 Å². The third-order valence-corrected chi connectivity index (χ3v) is 25.7. The van der Waals surface area contributed by atoms with Crippen LogP contribution in [0.2, 0.25) is 0 Å². The van der Waals surface area contributed by atoms with Crippen molar-refractivity contribution in [3.63, 3.8) is 0 Å². The van der Waals surface area contributed by atoms with E-state index in [0.717, 1.165) is 38.5 Å². The van der Waals surface area contributed by atoms with Crippen molar-refractivity contribution < 1.29 is 26.6 Å². The van der Waals surface area contributed by atoms with E-state index < -0.39 is 17.6 Å². The van der Waals surface area contributed by atoms with Crippen molar-refractivity contribution in [1.82, 2.24) is 0 Å². The number of hydrogen-bond acceptors (Lipinski definition) is 11. The summed E-state index contributed by atoms with van der Waals surface area (Å²) >= 11 is 0. The van der Waals surface area contributed by atoms with Crippen LogP contribution in [0.15, 0.2) is 0 Å². The lowest BCUT2D eigenvalue weighted by Crippen LogP contribution is -2.58. The maximum absolute atomic E-state index is 6.67. The Kier molecular flexibility index (Phi) is 24.4. The lowest BCUT2D eigenvalue weighted by molar-refractivity contribution is -0.0121. The van der Waals surface area contributed by atoms with Crippen LogP contribution in [0.25, 0.3) is 0 Å². The van der Waals surface area contributed by atoms with E-state index in [-0.39, 0.29) is 46.4 Å². The third kappa shape index (κ3) is 16.4. The summed E-state index contributed by atoms with van der Waals surface area (Å²) in [6.45, 7) is 30.0. The molecule has 0 saturated carbocycles. The predicted molar refractivity (Wildman–Crippen MR) is 193 cm³/mol. The smallest absolute Gasteiger partial charge is 0.370 e. The Balaban J connectivity index is 5.58. The predicted octanol–water partition coefficient (Wildman–Crippen LogP) is 10.9. The quantitative estimate of drug-likeness (QED) is 0.0490.